The number of anilines is 1. The number of pyridine rings is 1. The van der Waals surface area contributed by atoms with E-state index >= 15 is 0 Å². The highest BCUT2D eigenvalue weighted by molar-refractivity contribution is 6.03. The maximum atomic E-state index is 13.4. The van der Waals surface area contributed by atoms with Gasteiger partial charge in [0, 0.05) is 24.2 Å². The first-order valence-electron chi connectivity index (χ1n) is 14.1. The molecular weight excluding hydrogens is 508 g/mol. The number of aromatic nitrogens is 1. The fourth-order valence-electron chi connectivity index (χ4n) is 4.49. The van der Waals surface area contributed by atoms with Gasteiger partial charge in [-0.05, 0) is 60.7 Å². The number of unbranched alkanes of at least 4 members (excludes halogenated alkanes) is 3. The number of phenols is 1. The van der Waals surface area contributed by atoms with E-state index < -0.39 is 0 Å². The van der Waals surface area contributed by atoms with Crippen LogP contribution in [0.5, 0.6) is 23.0 Å². The number of methoxy groups -OCH3 is 1. The number of rotatable bonds is 15. The highest BCUT2D eigenvalue weighted by Crippen LogP contribution is 2.35. The van der Waals surface area contributed by atoms with E-state index in [1.54, 1.807) is 37.4 Å². The molecule has 3 aromatic rings. The number of nitrogens with one attached hydrogen (secondary N) is 1. The van der Waals surface area contributed by atoms with E-state index in [4.69, 9.17) is 14.2 Å². The summed E-state index contributed by atoms with van der Waals surface area (Å²) in [5, 5.41) is 13.4. The SMILES string of the molecule is CCCCCCOc1c(OCC(C)CCC)c(=O)n(C)c2cc(NC(=O)/C=C/c3ccc(O)c(OC)c3)ccc12. The summed E-state index contributed by atoms with van der Waals surface area (Å²) >= 11 is 0. The van der Waals surface area contributed by atoms with Crippen LogP contribution in [-0.4, -0.2) is 35.9 Å². The zero-order valence-electron chi connectivity index (χ0n) is 24.3. The summed E-state index contributed by atoms with van der Waals surface area (Å²) in [6, 6.07) is 10.2. The Balaban J connectivity index is 1.88. The van der Waals surface area contributed by atoms with Crippen LogP contribution in [0.25, 0.3) is 17.0 Å². The average Bonchev–Trinajstić information content (AvgIpc) is 2.94. The van der Waals surface area contributed by atoms with Crippen molar-refractivity contribution >= 4 is 28.6 Å². The Kier molecular flexibility index (Phi) is 11.5. The lowest BCUT2D eigenvalue weighted by Crippen LogP contribution is -2.23. The molecular formula is C32H42N2O6. The lowest BCUT2D eigenvalue weighted by atomic mass is 10.1. The summed E-state index contributed by atoms with van der Waals surface area (Å²) in [4.78, 5) is 26.1. The molecule has 0 aliphatic carbocycles. The summed E-state index contributed by atoms with van der Waals surface area (Å²) in [5.41, 5.74) is 1.60. The number of hydrogen-bond donors (Lipinski definition) is 2. The Hall–Kier alpha value is -3.94. The molecule has 1 unspecified atom stereocenters. The van der Waals surface area contributed by atoms with E-state index in [9.17, 15) is 14.7 Å². The highest BCUT2D eigenvalue weighted by atomic mass is 16.5. The van der Waals surface area contributed by atoms with Crippen LogP contribution in [0.2, 0.25) is 0 Å². The Bertz CT molecular complexity index is 1380. The molecule has 0 fully saturated rings. The molecule has 1 amide bonds. The van der Waals surface area contributed by atoms with Gasteiger partial charge in [0.25, 0.3) is 5.56 Å². The fourth-order valence-corrected chi connectivity index (χ4v) is 4.49. The quantitative estimate of drug-likeness (QED) is 0.162. The van der Waals surface area contributed by atoms with Gasteiger partial charge in [-0.15, -0.1) is 0 Å². The molecule has 1 atom stereocenters. The first-order chi connectivity index (χ1) is 19.3. The zero-order chi connectivity index (χ0) is 29.1. The number of carbonyl (C=O) groups excluding carboxylic acids is 1. The number of aryl methyl sites for hydroxylation is 1. The first-order valence-corrected chi connectivity index (χ1v) is 14.1. The second-order valence-electron chi connectivity index (χ2n) is 10.1. The van der Waals surface area contributed by atoms with Crippen molar-refractivity contribution in [2.24, 2.45) is 13.0 Å². The molecule has 0 saturated carbocycles. The molecule has 1 heterocycles. The molecule has 216 valence electrons. The van der Waals surface area contributed by atoms with Crippen molar-refractivity contribution in [3.63, 3.8) is 0 Å². The van der Waals surface area contributed by atoms with Crippen LogP contribution in [0.3, 0.4) is 0 Å². The van der Waals surface area contributed by atoms with Crippen LogP contribution in [-0.2, 0) is 11.8 Å². The van der Waals surface area contributed by atoms with Crippen LogP contribution in [0.15, 0.2) is 47.3 Å². The summed E-state index contributed by atoms with van der Waals surface area (Å²) in [5.74, 6) is 1.02. The van der Waals surface area contributed by atoms with E-state index in [0.717, 1.165) is 43.9 Å². The van der Waals surface area contributed by atoms with Gasteiger partial charge in [0.2, 0.25) is 11.7 Å². The van der Waals surface area contributed by atoms with E-state index in [2.05, 4.69) is 26.1 Å². The molecule has 3 rings (SSSR count). The minimum atomic E-state index is -0.339. The number of fused-ring (bicyclic) bond motifs is 1. The molecule has 40 heavy (non-hydrogen) atoms. The van der Waals surface area contributed by atoms with Gasteiger partial charge in [-0.2, -0.15) is 0 Å². The summed E-state index contributed by atoms with van der Waals surface area (Å²) < 4.78 is 18.9. The van der Waals surface area contributed by atoms with Gasteiger partial charge in [-0.3, -0.25) is 9.59 Å². The molecule has 8 heteroatoms. The third-order valence-electron chi connectivity index (χ3n) is 6.75. The van der Waals surface area contributed by atoms with E-state index in [0.29, 0.717) is 47.4 Å². The van der Waals surface area contributed by atoms with Gasteiger partial charge in [-0.25, -0.2) is 0 Å². The number of phenolic OH excluding ortho intramolecular Hbond substituents is 1. The minimum Gasteiger partial charge on any atom is -0.504 e. The minimum absolute atomic E-state index is 0.0271. The molecule has 0 bridgehead atoms. The van der Waals surface area contributed by atoms with Crippen molar-refractivity contribution in [1.82, 2.24) is 4.57 Å². The van der Waals surface area contributed by atoms with Gasteiger partial charge < -0.3 is 29.2 Å². The smallest absolute Gasteiger partial charge is 0.297 e. The fraction of sp³-hybridized carbons (Fsp3) is 0.438. The molecule has 8 nitrogen and oxygen atoms in total. The Morgan fingerprint density at radius 1 is 1.05 bits per heavy atom. The van der Waals surface area contributed by atoms with E-state index in [1.165, 1.54) is 23.8 Å². The van der Waals surface area contributed by atoms with Gasteiger partial charge in [0.15, 0.2) is 17.2 Å². The number of carbonyl (C=O) groups is 1. The molecule has 0 aliphatic rings. The predicted molar refractivity (Wildman–Crippen MR) is 161 cm³/mol. The lowest BCUT2D eigenvalue weighted by molar-refractivity contribution is -0.111. The maximum Gasteiger partial charge on any atom is 0.297 e. The van der Waals surface area contributed by atoms with Crippen molar-refractivity contribution in [2.75, 3.05) is 25.6 Å². The van der Waals surface area contributed by atoms with Crippen LogP contribution in [0, 0.1) is 5.92 Å². The van der Waals surface area contributed by atoms with Crippen LogP contribution >= 0.6 is 0 Å². The molecule has 2 N–H and O–H groups in total. The van der Waals surface area contributed by atoms with E-state index in [-0.39, 0.29) is 23.0 Å². The van der Waals surface area contributed by atoms with Crippen LogP contribution < -0.4 is 25.1 Å². The Morgan fingerprint density at radius 2 is 1.85 bits per heavy atom. The third kappa shape index (κ3) is 8.04. The van der Waals surface area contributed by atoms with Crippen molar-refractivity contribution in [3.8, 4) is 23.0 Å². The third-order valence-corrected chi connectivity index (χ3v) is 6.75. The second kappa shape index (κ2) is 15.0. The number of hydrogen-bond acceptors (Lipinski definition) is 6. The summed E-state index contributed by atoms with van der Waals surface area (Å²) in [6.45, 7) is 7.34. The Labute approximate surface area is 236 Å². The number of benzene rings is 2. The number of nitrogens with zero attached hydrogens (tertiary/aromatic N) is 1. The number of amides is 1. The Morgan fingerprint density at radius 3 is 2.58 bits per heavy atom. The standard InChI is InChI=1S/C32H42N2O6/c1-6-8-9-10-18-39-30-25-15-14-24(33-29(36)17-13-23-12-16-27(35)28(19-23)38-5)20-26(25)34(4)32(37)31(30)40-21-22(3)11-7-2/h12-17,19-20,22,35H,6-11,18,21H2,1-5H3,(H,33,36)/b17-13+. The average molecular weight is 551 g/mol. The summed E-state index contributed by atoms with van der Waals surface area (Å²) in [7, 11) is 3.16. The molecule has 1 aromatic heterocycles. The molecule has 0 spiro atoms. The maximum absolute atomic E-state index is 13.4. The molecule has 0 radical (unpaired) electrons. The topological polar surface area (TPSA) is 99.0 Å². The van der Waals surface area contributed by atoms with Crippen molar-refractivity contribution in [1.29, 1.82) is 0 Å². The monoisotopic (exact) mass is 550 g/mol. The van der Waals surface area contributed by atoms with Crippen molar-refractivity contribution in [3.05, 3.63) is 58.4 Å². The van der Waals surface area contributed by atoms with Gasteiger partial charge >= 0.3 is 0 Å². The van der Waals surface area contributed by atoms with E-state index in [1.807, 2.05) is 6.07 Å². The highest BCUT2D eigenvalue weighted by Gasteiger charge is 2.20. The number of ether oxygens (including phenoxy) is 3. The van der Waals surface area contributed by atoms with Crippen molar-refractivity contribution in [2.45, 2.75) is 59.3 Å². The first kappa shape index (κ1) is 30.6. The predicted octanol–water partition coefficient (Wildman–Crippen LogP) is 6.68. The largest absolute Gasteiger partial charge is 0.504 e. The molecule has 0 aliphatic heterocycles. The van der Waals surface area contributed by atoms with Gasteiger partial charge in [-0.1, -0.05) is 52.5 Å². The lowest BCUT2D eigenvalue weighted by Gasteiger charge is -2.19. The normalized spacial score (nSPS) is 12.0. The molecule has 0 saturated heterocycles. The van der Waals surface area contributed by atoms with Gasteiger partial charge in [0.05, 0.1) is 25.8 Å². The molecule has 2 aromatic carbocycles. The zero-order valence-corrected chi connectivity index (χ0v) is 24.3. The van der Waals surface area contributed by atoms with Crippen LogP contribution in [0.4, 0.5) is 5.69 Å². The van der Waals surface area contributed by atoms with Crippen LogP contribution in [0.1, 0.15) is 64.9 Å². The number of aromatic hydroxyl groups is 1. The van der Waals surface area contributed by atoms with Crippen molar-refractivity contribution < 1.29 is 24.1 Å². The summed E-state index contributed by atoms with van der Waals surface area (Å²) in [6.07, 6.45) is 9.30. The van der Waals surface area contributed by atoms with Gasteiger partial charge in [0.1, 0.15) is 0 Å². The second-order valence-corrected chi connectivity index (χ2v) is 10.1.